The molecule has 0 fully saturated rings. The lowest BCUT2D eigenvalue weighted by atomic mass is 10.1. The minimum Gasteiger partial charge on any atom is -0.460 e. The maximum atomic E-state index is 11.7. The maximum absolute atomic E-state index is 11.7. The van der Waals surface area contributed by atoms with E-state index in [1.807, 2.05) is 27.7 Å². The molecule has 0 heterocycles. The fourth-order valence-electron chi connectivity index (χ4n) is 1.36. The summed E-state index contributed by atoms with van der Waals surface area (Å²) in [6, 6.07) is -0.273. The average molecular weight is 273 g/mol. The van der Waals surface area contributed by atoms with E-state index >= 15 is 0 Å². The third-order valence-corrected chi connectivity index (χ3v) is 2.05. The lowest BCUT2D eigenvalue weighted by Gasteiger charge is -2.24. The van der Waals surface area contributed by atoms with Crippen molar-refractivity contribution in [3.63, 3.8) is 0 Å². The van der Waals surface area contributed by atoms with Gasteiger partial charge in [0.25, 0.3) is 0 Å². The Hall–Kier alpha value is -1.26. The zero-order chi connectivity index (χ0) is 15.3. The van der Waals surface area contributed by atoms with Gasteiger partial charge in [0.1, 0.15) is 11.2 Å². The molecule has 1 N–H and O–H groups in total. The van der Waals surface area contributed by atoms with E-state index < -0.39 is 17.3 Å². The van der Waals surface area contributed by atoms with Crippen LogP contribution in [0.15, 0.2) is 0 Å². The van der Waals surface area contributed by atoms with E-state index in [0.29, 0.717) is 6.42 Å². The fourth-order valence-corrected chi connectivity index (χ4v) is 1.36. The summed E-state index contributed by atoms with van der Waals surface area (Å²) in [5.41, 5.74) is -1.06. The highest BCUT2D eigenvalue weighted by Gasteiger charge is 2.23. The van der Waals surface area contributed by atoms with Gasteiger partial charge in [-0.15, -0.1) is 0 Å². The number of hydrogen-bond acceptors (Lipinski definition) is 4. The smallest absolute Gasteiger partial charge is 0.407 e. The average Bonchev–Trinajstić information content (AvgIpc) is 2.10. The van der Waals surface area contributed by atoms with Gasteiger partial charge >= 0.3 is 12.1 Å². The summed E-state index contributed by atoms with van der Waals surface area (Å²) >= 11 is 0. The van der Waals surface area contributed by atoms with E-state index in [1.165, 1.54) is 0 Å². The Morgan fingerprint density at radius 2 is 1.47 bits per heavy atom. The number of esters is 1. The summed E-state index contributed by atoms with van der Waals surface area (Å²) < 4.78 is 10.4. The topological polar surface area (TPSA) is 64.6 Å². The monoisotopic (exact) mass is 273 g/mol. The minimum absolute atomic E-state index is 0.146. The molecule has 0 rings (SSSR count). The Morgan fingerprint density at radius 3 is 1.84 bits per heavy atom. The summed E-state index contributed by atoms with van der Waals surface area (Å²) in [5.74, 6) is -0.324. The molecule has 0 aliphatic carbocycles. The summed E-state index contributed by atoms with van der Waals surface area (Å²) in [6.45, 7) is 12.7. The number of alkyl carbamates (subject to hydrolysis) is 1. The molecular formula is C14H27NO4. The number of amides is 1. The van der Waals surface area contributed by atoms with E-state index in [2.05, 4.69) is 5.32 Å². The second-order valence-electron chi connectivity index (χ2n) is 6.54. The van der Waals surface area contributed by atoms with Gasteiger partial charge in [-0.05, 0) is 48.0 Å². The van der Waals surface area contributed by atoms with E-state index in [-0.39, 0.29) is 18.4 Å². The van der Waals surface area contributed by atoms with Crippen LogP contribution in [-0.2, 0) is 14.3 Å². The zero-order valence-corrected chi connectivity index (χ0v) is 13.1. The van der Waals surface area contributed by atoms with Crippen LogP contribution in [0.3, 0.4) is 0 Å². The van der Waals surface area contributed by atoms with Gasteiger partial charge in [0.05, 0.1) is 6.42 Å². The highest BCUT2D eigenvalue weighted by molar-refractivity contribution is 5.73. The van der Waals surface area contributed by atoms with Crippen LogP contribution in [0.5, 0.6) is 0 Å². The lowest BCUT2D eigenvalue weighted by molar-refractivity contribution is -0.155. The normalized spacial score (nSPS) is 13.6. The Morgan fingerprint density at radius 1 is 1.00 bits per heavy atom. The van der Waals surface area contributed by atoms with Crippen LogP contribution >= 0.6 is 0 Å². The first-order chi connectivity index (χ1) is 8.43. The molecule has 0 aromatic heterocycles. The van der Waals surface area contributed by atoms with Gasteiger partial charge in [0, 0.05) is 6.04 Å². The molecule has 0 spiro atoms. The summed E-state index contributed by atoms with van der Waals surface area (Å²) in [5, 5.41) is 2.68. The number of carbonyl (C=O) groups excluding carboxylic acids is 2. The number of nitrogens with one attached hydrogen (secondary N) is 1. The van der Waals surface area contributed by atoms with Crippen molar-refractivity contribution in [1.82, 2.24) is 5.32 Å². The first-order valence-corrected chi connectivity index (χ1v) is 6.64. The van der Waals surface area contributed by atoms with Crippen LogP contribution in [0.1, 0.15) is 61.3 Å². The molecule has 19 heavy (non-hydrogen) atoms. The molecule has 5 nitrogen and oxygen atoms in total. The van der Waals surface area contributed by atoms with Crippen molar-refractivity contribution in [1.29, 1.82) is 0 Å². The number of carbonyl (C=O) groups is 2. The molecular weight excluding hydrogens is 246 g/mol. The van der Waals surface area contributed by atoms with Gasteiger partial charge in [-0.3, -0.25) is 4.79 Å². The molecule has 112 valence electrons. The van der Waals surface area contributed by atoms with E-state index in [0.717, 1.165) is 0 Å². The second kappa shape index (κ2) is 6.78. The van der Waals surface area contributed by atoms with Gasteiger partial charge in [-0.1, -0.05) is 6.92 Å². The van der Waals surface area contributed by atoms with Crippen LogP contribution in [0.4, 0.5) is 4.79 Å². The molecule has 0 aromatic rings. The molecule has 0 radical (unpaired) electrons. The molecule has 1 atom stereocenters. The molecule has 0 saturated carbocycles. The predicted molar refractivity (Wildman–Crippen MR) is 73.9 cm³/mol. The molecule has 1 amide bonds. The number of hydrogen-bond donors (Lipinski definition) is 1. The van der Waals surface area contributed by atoms with Crippen molar-refractivity contribution >= 4 is 12.1 Å². The Labute approximate surface area is 116 Å². The molecule has 0 saturated heterocycles. The molecule has 0 aliphatic rings. The van der Waals surface area contributed by atoms with Gasteiger partial charge in [0.15, 0.2) is 0 Å². The third kappa shape index (κ3) is 10.4. The highest BCUT2D eigenvalue weighted by Crippen LogP contribution is 2.11. The highest BCUT2D eigenvalue weighted by atomic mass is 16.6. The van der Waals surface area contributed by atoms with Crippen LogP contribution in [0, 0.1) is 0 Å². The van der Waals surface area contributed by atoms with Crippen molar-refractivity contribution < 1.29 is 19.1 Å². The lowest BCUT2D eigenvalue weighted by Crippen LogP contribution is -2.40. The molecule has 5 heteroatoms. The van der Waals surface area contributed by atoms with Gasteiger partial charge < -0.3 is 14.8 Å². The third-order valence-electron chi connectivity index (χ3n) is 2.05. The van der Waals surface area contributed by atoms with Gasteiger partial charge in [-0.2, -0.15) is 0 Å². The van der Waals surface area contributed by atoms with Crippen molar-refractivity contribution in [2.75, 3.05) is 0 Å². The van der Waals surface area contributed by atoms with E-state index in [4.69, 9.17) is 9.47 Å². The van der Waals surface area contributed by atoms with Crippen LogP contribution < -0.4 is 5.32 Å². The fraction of sp³-hybridized carbons (Fsp3) is 0.857. The Kier molecular flexibility index (Phi) is 6.33. The molecule has 0 unspecified atom stereocenters. The van der Waals surface area contributed by atoms with Crippen molar-refractivity contribution in [2.45, 2.75) is 78.6 Å². The first-order valence-electron chi connectivity index (χ1n) is 6.64. The van der Waals surface area contributed by atoms with Crippen LogP contribution in [-0.4, -0.2) is 29.3 Å². The van der Waals surface area contributed by atoms with Crippen molar-refractivity contribution in [2.24, 2.45) is 0 Å². The molecule has 0 bridgehead atoms. The van der Waals surface area contributed by atoms with Crippen molar-refractivity contribution in [3.05, 3.63) is 0 Å². The number of ether oxygens (including phenoxy) is 2. The second-order valence-corrected chi connectivity index (χ2v) is 6.54. The Bertz CT molecular complexity index is 282. The van der Waals surface area contributed by atoms with Crippen LogP contribution in [0.2, 0.25) is 0 Å². The minimum atomic E-state index is -0.547. The van der Waals surface area contributed by atoms with E-state index in [1.54, 1.807) is 20.8 Å². The maximum Gasteiger partial charge on any atom is 0.407 e. The number of rotatable bonds is 4. The zero-order valence-electron chi connectivity index (χ0n) is 13.1. The largest absolute Gasteiger partial charge is 0.460 e. The quantitative estimate of drug-likeness (QED) is 0.800. The van der Waals surface area contributed by atoms with Gasteiger partial charge in [0.2, 0.25) is 0 Å². The summed E-state index contributed by atoms with van der Waals surface area (Å²) in [4.78, 5) is 23.3. The summed E-state index contributed by atoms with van der Waals surface area (Å²) in [6.07, 6.45) is 0.272. The van der Waals surface area contributed by atoms with Crippen molar-refractivity contribution in [3.8, 4) is 0 Å². The summed E-state index contributed by atoms with van der Waals surface area (Å²) in [7, 11) is 0. The first kappa shape index (κ1) is 17.7. The molecule has 0 aliphatic heterocycles. The SMILES string of the molecule is CC[C@H](CC(=O)OC(C)(C)C)NC(=O)OC(C)(C)C. The Balaban J connectivity index is 4.29. The van der Waals surface area contributed by atoms with Gasteiger partial charge in [-0.25, -0.2) is 4.79 Å². The van der Waals surface area contributed by atoms with Crippen LogP contribution in [0.25, 0.3) is 0 Å². The predicted octanol–water partition coefficient (Wildman–Crippen LogP) is 3.02. The standard InChI is InChI=1S/C14H27NO4/c1-8-10(9-11(16)18-13(2,3)4)15-12(17)19-14(5,6)7/h10H,8-9H2,1-7H3,(H,15,17)/t10-/m1/s1. The van der Waals surface area contributed by atoms with E-state index in [9.17, 15) is 9.59 Å². The molecule has 0 aromatic carbocycles.